The number of nitrogens with one attached hydrogen (secondary N) is 1. The number of carbonyl (C=O) groups excluding carboxylic acids is 2. The van der Waals surface area contributed by atoms with Gasteiger partial charge in [-0.2, -0.15) is 0 Å². The molecule has 0 saturated carbocycles. The highest BCUT2D eigenvalue weighted by atomic mass is 32.1. The minimum absolute atomic E-state index is 0.0914. The van der Waals surface area contributed by atoms with Crippen molar-refractivity contribution in [1.82, 2.24) is 10.2 Å². The van der Waals surface area contributed by atoms with Crippen LogP contribution in [0.15, 0.2) is 24.3 Å². The lowest BCUT2D eigenvalue weighted by Crippen LogP contribution is -2.20. The number of carbonyl (C=O) groups is 2. The number of hydrogen-bond donors (Lipinski definition) is 1. The van der Waals surface area contributed by atoms with Crippen molar-refractivity contribution in [2.75, 3.05) is 11.9 Å². The second kappa shape index (κ2) is 9.27. The van der Waals surface area contributed by atoms with Crippen LogP contribution in [0.1, 0.15) is 37.8 Å². The van der Waals surface area contributed by atoms with Gasteiger partial charge in [-0.3, -0.25) is 10.1 Å². The van der Waals surface area contributed by atoms with Crippen LogP contribution in [-0.2, 0) is 22.4 Å². The summed E-state index contributed by atoms with van der Waals surface area (Å²) in [5.41, 5.74) is 1.07. The van der Waals surface area contributed by atoms with E-state index in [9.17, 15) is 9.59 Å². The highest BCUT2D eigenvalue weighted by Crippen LogP contribution is 2.18. The van der Waals surface area contributed by atoms with E-state index in [-0.39, 0.29) is 18.3 Å². The molecule has 25 heavy (non-hydrogen) atoms. The first-order valence-electron chi connectivity index (χ1n) is 8.26. The van der Waals surface area contributed by atoms with Gasteiger partial charge in [0.25, 0.3) is 5.91 Å². The van der Waals surface area contributed by atoms with Gasteiger partial charge in [-0.05, 0) is 37.0 Å². The van der Waals surface area contributed by atoms with Gasteiger partial charge in [-0.25, -0.2) is 0 Å². The van der Waals surface area contributed by atoms with Crippen molar-refractivity contribution in [2.24, 2.45) is 5.92 Å². The monoisotopic (exact) mass is 361 g/mol. The lowest BCUT2D eigenvalue weighted by molar-refractivity contribution is -0.118. The Morgan fingerprint density at radius 1 is 1.20 bits per heavy atom. The number of rotatable bonds is 9. The molecule has 7 heteroatoms. The van der Waals surface area contributed by atoms with E-state index in [1.807, 2.05) is 12.1 Å². The van der Waals surface area contributed by atoms with Gasteiger partial charge in [0.05, 0.1) is 0 Å². The van der Waals surface area contributed by atoms with Crippen LogP contribution < -0.4 is 10.1 Å². The molecular formula is C18H23N3O3S. The Hall–Kier alpha value is -2.28. The van der Waals surface area contributed by atoms with Gasteiger partial charge in [0.15, 0.2) is 6.61 Å². The van der Waals surface area contributed by atoms with Gasteiger partial charge in [0.2, 0.25) is 5.13 Å². The van der Waals surface area contributed by atoms with Crippen LogP contribution in [0.5, 0.6) is 5.75 Å². The summed E-state index contributed by atoms with van der Waals surface area (Å²) >= 11 is 1.38. The molecule has 1 N–H and O–H groups in total. The summed E-state index contributed by atoms with van der Waals surface area (Å²) in [5.74, 6) is 1.01. The quantitative estimate of drug-likeness (QED) is 0.741. The second-order valence-electron chi connectivity index (χ2n) is 6.28. The van der Waals surface area contributed by atoms with Crippen molar-refractivity contribution in [3.63, 3.8) is 0 Å². The van der Waals surface area contributed by atoms with E-state index in [0.29, 0.717) is 29.6 Å². The Morgan fingerprint density at radius 3 is 2.56 bits per heavy atom. The smallest absolute Gasteiger partial charge is 0.264 e. The molecule has 1 heterocycles. The van der Waals surface area contributed by atoms with Gasteiger partial charge in [-0.1, -0.05) is 37.3 Å². The zero-order chi connectivity index (χ0) is 18.2. The summed E-state index contributed by atoms with van der Waals surface area (Å²) in [6.07, 6.45) is 2.09. The molecule has 6 nitrogen and oxygen atoms in total. The Balaban J connectivity index is 1.77. The number of ether oxygens (including phenoxy) is 1. The third kappa shape index (κ3) is 7.01. The zero-order valence-electron chi connectivity index (χ0n) is 14.7. The molecule has 0 aliphatic carbocycles. The number of aromatic nitrogens is 2. The second-order valence-corrected chi connectivity index (χ2v) is 7.34. The maximum Gasteiger partial charge on any atom is 0.264 e. The SMILES string of the molecule is CC(=O)CCc1ccc(OCC(=O)Nc2nnc(CC(C)C)s2)cc1. The molecule has 0 bridgehead atoms. The standard InChI is InChI=1S/C18H23N3O3S/c1-12(2)10-17-20-21-18(25-17)19-16(23)11-24-15-8-6-14(7-9-15)5-4-13(3)22/h6-9,12H,4-5,10-11H2,1-3H3,(H,19,21,23). The molecular weight excluding hydrogens is 338 g/mol. The average molecular weight is 361 g/mol. The molecule has 1 aromatic heterocycles. The van der Waals surface area contributed by atoms with Crippen molar-refractivity contribution in [2.45, 2.75) is 40.0 Å². The number of ketones is 1. The number of benzene rings is 1. The van der Waals surface area contributed by atoms with Crippen LogP contribution in [-0.4, -0.2) is 28.5 Å². The number of amides is 1. The molecule has 2 aromatic rings. The van der Waals surface area contributed by atoms with Gasteiger partial charge >= 0.3 is 0 Å². The minimum Gasteiger partial charge on any atom is -0.484 e. The van der Waals surface area contributed by atoms with Gasteiger partial charge in [-0.15, -0.1) is 10.2 Å². The van der Waals surface area contributed by atoms with E-state index >= 15 is 0 Å². The molecule has 0 saturated heterocycles. The summed E-state index contributed by atoms with van der Waals surface area (Å²) in [5, 5.41) is 12.1. The van der Waals surface area contributed by atoms with Gasteiger partial charge in [0.1, 0.15) is 16.5 Å². The van der Waals surface area contributed by atoms with Crippen LogP contribution in [0.25, 0.3) is 0 Å². The first kappa shape index (κ1) is 19.1. The molecule has 0 aliphatic heterocycles. The molecule has 1 amide bonds. The highest BCUT2D eigenvalue weighted by Gasteiger charge is 2.10. The molecule has 0 unspecified atom stereocenters. The number of aryl methyl sites for hydroxylation is 1. The van der Waals surface area contributed by atoms with E-state index in [1.165, 1.54) is 11.3 Å². The van der Waals surface area contributed by atoms with E-state index in [2.05, 4.69) is 29.4 Å². The van der Waals surface area contributed by atoms with Crippen molar-refractivity contribution in [3.05, 3.63) is 34.8 Å². The zero-order valence-corrected chi connectivity index (χ0v) is 15.6. The molecule has 0 radical (unpaired) electrons. The third-order valence-corrected chi connectivity index (χ3v) is 4.22. The largest absolute Gasteiger partial charge is 0.484 e. The predicted molar refractivity (Wildman–Crippen MR) is 98.0 cm³/mol. The Labute approximate surface area is 151 Å². The molecule has 0 spiro atoms. The normalized spacial score (nSPS) is 10.7. The molecule has 0 fully saturated rings. The Morgan fingerprint density at radius 2 is 1.92 bits per heavy atom. The maximum absolute atomic E-state index is 11.9. The van der Waals surface area contributed by atoms with Gasteiger partial charge < -0.3 is 9.53 Å². The van der Waals surface area contributed by atoms with E-state index in [0.717, 1.165) is 17.0 Å². The van der Waals surface area contributed by atoms with Crippen molar-refractivity contribution in [1.29, 1.82) is 0 Å². The van der Waals surface area contributed by atoms with Crippen LogP contribution in [0.2, 0.25) is 0 Å². The fraction of sp³-hybridized carbons (Fsp3) is 0.444. The Kier molecular flexibility index (Phi) is 7.06. The third-order valence-electron chi connectivity index (χ3n) is 3.36. The van der Waals surface area contributed by atoms with Crippen LogP contribution in [0, 0.1) is 5.92 Å². The molecule has 0 atom stereocenters. The van der Waals surface area contributed by atoms with Crippen molar-refractivity contribution in [3.8, 4) is 5.75 Å². The van der Waals surface area contributed by atoms with E-state index in [1.54, 1.807) is 19.1 Å². The minimum atomic E-state index is -0.270. The number of Topliss-reactive ketones (excluding diaryl/α,β-unsaturated/α-hetero) is 1. The first-order valence-corrected chi connectivity index (χ1v) is 9.07. The lowest BCUT2D eigenvalue weighted by atomic mass is 10.1. The summed E-state index contributed by atoms with van der Waals surface area (Å²) in [6, 6.07) is 7.40. The number of hydrogen-bond acceptors (Lipinski definition) is 6. The predicted octanol–water partition coefficient (Wildman–Crippen LogP) is 3.28. The molecule has 0 aliphatic rings. The molecule has 1 aromatic carbocycles. The Bertz CT molecular complexity index is 711. The fourth-order valence-electron chi connectivity index (χ4n) is 2.11. The summed E-state index contributed by atoms with van der Waals surface area (Å²) in [7, 11) is 0. The van der Waals surface area contributed by atoms with Gasteiger partial charge in [0, 0.05) is 12.8 Å². The first-order chi connectivity index (χ1) is 11.9. The van der Waals surface area contributed by atoms with Crippen LogP contribution in [0.3, 0.4) is 0 Å². The van der Waals surface area contributed by atoms with Crippen LogP contribution >= 0.6 is 11.3 Å². The van der Waals surface area contributed by atoms with E-state index < -0.39 is 0 Å². The van der Waals surface area contributed by atoms with Crippen molar-refractivity contribution < 1.29 is 14.3 Å². The fourth-order valence-corrected chi connectivity index (χ4v) is 3.08. The summed E-state index contributed by atoms with van der Waals surface area (Å²) < 4.78 is 5.47. The van der Waals surface area contributed by atoms with Crippen molar-refractivity contribution >= 4 is 28.2 Å². The number of anilines is 1. The number of nitrogens with zero attached hydrogens (tertiary/aromatic N) is 2. The average Bonchev–Trinajstić information content (AvgIpc) is 2.98. The molecule has 2 rings (SSSR count). The molecule has 134 valence electrons. The highest BCUT2D eigenvalue weighted by molar-refractivity contribution is 7.15. The lowest BCUT2D eigenvalue weighted by Gasteiger charge is -2.06. The summed E-state index contributed by atoms with van der Waals surface area (Å²) in [6.45, 7) is 5.71. The maximum atomic E-state index is 11.9. The topological polar surface area (TPSA) is 81.2 Å². The van der Waals surface area contributed by atoms with E-state index in [4.69, 9.17) is 4.74 Å². The van der Waals surface area contributed by atoms with Crippen LogP contribution in [0.4, 0.5) is 5.13 Å². The summed E-state index contributed by atoms with van der Waals surface area (Å²) in [4.78, 5) is 22.9.